The molecule has 0 fully saturated rings. The van der Waals surface area contributed by atoms with E-state index in [2.05, 4.69) is 22.1 Å². The van der Waals surface area contributed by atoms with Crippen LogP contribution < -0.4 is 16.8 Å². The normalized spacial score (nSPS) is 8.64. The number of nitrogens with two attached hydrogens (primary N) is 2. The van der Waals surface area contributed by atoms with Crippen LogP contribution in [0.4, 0.5) is 10.6 Å². The zero-order valence-electron chi connectivity index (χ0n) is 7.45. The molecule has 0 aliphatic heterocycles. The van der Waals surface area contributed by atoms with Gasteiger partial charge in [0.25, 0.3) is 0 Å². The summed E-state index contributed by atoms with van der Waals surface area (Å²) in [6.45, 7) is 0.293. The smallest absolute Gasteiger partial charge is 0.317 e. The third-order valence-corrected chi connectivity index (χ3v) is 1.35. The monoisotopic (exact) mass is 190 g/mol. The van der Waals surface area contributed by atoms with E-state index in [9.17, 15) is 4.79 Å². The molecule has 0 bridgehead atoms. The highest BCUT2D eigenvalue weighted by Crippen LogP contribution is 2.04. The van der Waals surface area contributed by atoms with E-state index in [-0.39, 0.29) is 0 Å². The Bertz CT molecular complexity index is 391. The van der Waals surface area contributed by atoms with Gasteiger partial charge < -0.3 is 11.5 Å². The maximum Gasteiger partial charge on any atom is 0.317 e. The highest BCUT2D eigenvalue weighted by atomic mass is 16.2. The lowest BCUT2D eigenvalue weighted by molar-refractivity contribution is 0.259. The Morgan fingerprint density at radius 3 is 3.07 bits per heavy atom. The number of pyridine rings is 1. The van der Waals surface area contributed by atoms with Gasteiger partial charge >= 0.3 is 6.03 Å². The van der Waals surface area contributed by atoms with Gasteiger partial charge in [-0.3, -0.25) is 5.32 Å². The summed E-state index contributed by atoms with van der Waals surface area (Å²) < 4.78 is 0. The molecule has 0 aliphatic carbocycles. The molecule has 0 saturated heterocycles. The Kier molecular flexibility index (Phi) is 3.47. The number of carbonyl (C=O) groups excluding carboxylic acids is 1. The van der Waals surface area contributed by atoms with E-state index in [0.717, 1.165) is 5.56 Å². The van der Waals surface area contributed by atoms with Gasteiger partial charge in [0.05, 0.1) is 6.54 Å². The minimum Gasteiger partial charge on any atom is -0.351 e. The first-order valence-corrected chi connectivity index (χ1v) is 3.94. The maximum absolute atomic E-state index is 10.5. The summed E-state index contributed by atoms with van der Waals surface area (Å²) in [6.07, 6.45) is 1.53. The number of anilines is 1. The number of nitrogens with zero attached hydrogens (tertiary/aromatic N) is 1. The van der Waals surface area contributed by atoms with E-state index < -0.39 is 6.03 Å². The number of rotatable bonds is 1. The lowest BCUT2D eigenvalue weighted by Gasteiger charge is -1.99. The van der Waals surface area contributed by atoms with Crippen molar-refractivity contribution < 1.29 is 4.79 Å². The van der Waals surface area contributed by atoms with Crippen LogP contribution >= 0.6 is 0 Å². The van der Waals surface area contributed by atoms with Crippen molar-refractivity contribution in [1.29, 1.82) is 0 Å². The average Bonchev–Trinajstić information content (AvgIpc) is 2.14. The first kappa shape index (κ1) is 10.0. The van der Waals surface area contributed by atoms with Crippen LogP contribution in [0, 0.1) is 11.8 Å². The molecule has 0 saturated carbocycles. The molecule has 0 spiro atoms. The minimum atomic E-state index is -0.651. The van der Waals surface area contributed by atoms with Crippen molar-refractivity contribution in [2.75, 3.05) is 11.9 Å². The number of urea groups is 1. The maximum atomic E-state index is 10.5. The van der Waals surface area contributed by atoms with Gasteiger partial charge in [0.1, 0.15) is 5.82 Å². The second-order valence-corrected chi connectivity index (χ2v) is 2.42. The summed E-state index contributed by atoms with van der Waals surface area (Å²) in [7, 11) is 0. The van der Waals surface area contributed by atoms with Crippen LogP contribution in [0.5, 0.6) is 0 Å². The molecule has 1 rings (SSSR count). The lowest BCUT2D eigenvalue weighted by atomic mass is 10.2. The van der Waals surface area contributed by atoms with Crippen LogP contribution in [-0.4, -0.2) is 17.6 Å². The number of hydrogen-bond donors (Lipinski definition) is 3. The Balaban J connectivity index is 2.84. The lowest BCUT2D eigenvalue weighted by Crippen LogP contribution is -2.19. The first-order valence-electron chi connectivity index (χ1n) is 3.94. The predicted octanol–water partition coefficient (Wildman–Crippen LogP) is -0.118. The molecule has 0 atom stereocenters. The molecular weight excluding hydrogens is 180 g/mol. The summed E-state index contributed by atoms with van der Waals surface area (Å²) in [5.41, 5.74) is 10.9. The Labute approximate surface area is 81.5 Å². The number of carbonyl (C=O) groups is 1. The number of hydrogen-bond acceptors (Lipinski definition) is 3. The molecule has 5 N–H and O–H groups in total. The average molecular weight is 190 g/mol. The number of aromatic nitrogens is 1. The van der Waals surface area contributed by atoms with Crippen molar-refractivity contribution in [2.45, 2.75) is 0 Å². The third-order valence-electron chi connectivity index (χ3n) is 1.35. The fourth-order valence-electron chi connectivity index (χ4n) is 0.856. The van der Waals surface area contributed by atoms with E-state index in [0.29, 0.717) is 12.4 Å². The number of amides is 2. The Hall–Kier alpha value is -2.06. The second kappa shape index (κ2) is 4.84. The summed E-state index contributed by atoms with van der Waals surface area (Å²) in [6, 6.07) is 2.68. The van der Waals surface area contributed by atoms with Gasteiger partial charge in [0.15, 0.2) is 0 Å². The second-order valence-electron chi connectivity index (χ2n) is 2.42. The highest BCUT2D eigenvalue weighted by molar-refractivity contribution is 5.86. The third kappa shape index (κ3) is 3.13. The molecule has 14 heavy (non-hydrogen) atoms. The van der Waals surface area contributed by atoms with Crippen molar-refractivity contribution in [3.8, 4) is 11.8 Å². The molecule has 0 aromatic carbocycles. The zero-order valence-corrected chi connectivity index (χ0v) is 7.45. The van der Waals surface area contributed by atoms with Crippen molar-refractivity contribution in [2.24, 2.45) is 11.5 Å². The van der Waals surface area contributed by atoms with Crippen molar-refractivity contribution in [3.63, 3.8) is 0 Å². The predicted molar refractivity (Wildman–Crippen MR) is 53.4 cm³/mol. The van der Waals surface area contributed by atoms with Crippen molar-refractivity contribution >= 4 is 11.8 Å². The summed E-state index contributed by atoms with van der Waals surface area (Å²) in [5, 5.41) is 2.35. The molecule has 5 nitrogen and oxygen atoms in total. The van der Waals surface area contributed by atoms with E-state index in [4.69, 9.17) is 11.5 Å². The van der Waals surface area contributed by atoms with Crippen LogP contribution in [0.15, 0.2) is 18.3 Å². The zero-order chi connectivity index (χ0) is 10.4. The topological polar surface area (TPSA) is 94.0 Å². The molecule has 1 heterocycles. The molecule has 72 valence electrons. The van der Waals surface area contributed by atoms with Gasteiger partial charge in [-0.05, 0) is 12.1 Å². The van der Waals surface area contributed by atoms with Crippen molar-refractivity contribution in [3.05, 3.63) is 23.9 Å². The Morgan fingerprint density at radius 1 is 1.64 bits per heavy atom. The Morgan fingerprint density at radius 2 is 2.43 bits per heavy atom. The standard InChI is InChI=1S/C9H10N4O/c10-4-1-2-7-3-5-12-8(6-7)13-9(11)14/h3,5-6H,4,10H2,(H3,11,12,13,14). The first-order chi connectivity index (χ1) is 6.72. The fraction of sp³-hybridized carbons (Fsp3) is 0.111. The molecule has 5 heteroatoms. The largest absolute Gasteiger partial charge is 0.351 e. The minimum absolute atomic E-state index is 0.293. The summed E-state index contributed by atoms with van der Waals surface area (Å²) in [4.78, 5) is 14.4. The molecule has 0 unspecified atom stereocenters. The number of nitrogens with one attached hydrogen (secondary N) is 1. The quantitative estimate of drug-likeness (QED) is 0.539. The molecule has 2 amide bonds. The molecule has 0 radical (unpaired) electrons. The molecule has 1 aromatic heterocycles. The summed E-state index contributed by atoms with van der Waals surface area (Å²) in [5.74, 6) is 5.88. The summed E-state index contributed by atoms with van der Waals surface area (Å²) >= 11 is 0. The fourth-order valence-corrected chi connectivity index (χ4v) is 0.856. The van der Waals surface area contributed by atoms with Crippen LogP contribution in [-0.2, 0) is 0 Å². The van der Waals surface area contributed by atoms with Crippen LogP contribution in [0.1, 0.15) is 5.56 Å². The van der Waals surface area contributed by atoms with Crippen LogP contribution in [0.25, 0.3) is 0 Å². The highest BCUT2D eigenvalue weighted by Gasteiger charge is 1.96. The van der Waals surface area contributed by atoms with E-state index in [1.165, 1.54) is 6.20 Å². The van der Waals surface area contributed by atoms with Gasteiger partial charge in [-0.2, -0.15) is 0 Å². The van der Waals surface area contributed by atoms with Gasteiger partial charge in [0.2, 0.25) is 0 Å². The molecule has 1 aromatic rings. The van der Waals surface area contributed by atoms with E-state index in [1.807, 2.05) is 0 Å². The van der Waals surface area contributed by atoms with E-state index in [1.54, 1.807) is 12.1 Å². The SMILES string of the molecule is NCC#Cc1ccnc(NC(N)=O)c1. The van der Waals surface area contributed by atoms with Crippen LogP contribution in [0.3, 0.4) is 0 Å². The molecule has 0 aliphatic rings. The van der Waals surface area contributed by atoms with Gasteiger partial charge in [-0.15, -0.1) is 0 Å². The van der Waals surface area contributed by atoms with E-state index >= 15 is 0 Å². The van der Waals surface area contributed by atoms with Crippen LogP contribution in [0.2, 0.25) is 0 Å². The molecular formula is C9H10N4O. The van der Waals surface area contributed by atoms with Gasteiger partial charge in [-0.1, -0.05) is 11.8 Å². The van der Waals surface area contributed by atoms with Crippen molar-refractivity contribution in [1.82, 2.24) is 4.98 Å². The van der Waals surface area contributed by atoms with Gasteiger partial charge in [0, 0.05) is 11.8 Å². The van der Waals surface area contributed by atoms with Gasteiger partial charge in [-0.25, -0.2) is 9.78 Å². The number of primary amides is 1.